The van der Waals surface area contributed by atoms with Gasteiger partial charge in [0.05, 0.1) is 6.42 Å². The maximum atomic E-state index is 12.6. The van der Waals surface area contributed by atoms with Crippen LogP contribution in [0.15, 0.2) is 30.3 Å². The minimum atomic E-state index is -1.05. The van der Waals surface area contributed by atoms with Crippen LogP contribution in [0.1, 0.15) is 25.8 Å². The van der Waals surface area contributed by atoms with E-state index in [9.17, 15) is 14.4 Å². The monoisotopic (exact) mass is 360 g/mol. The number of amides is 3. The van der Waals surface area contributed by atoms with E-state index in [2.05, 4.69) is 10.6 Å². The van der Waals surface area contributed by atoms with Crippen molar-refractivity contribution in [1.29, 1.82) is 0 Å². The number of hydrazine groups is 1. The van der Waals surface area contributed by atoms with Crippen LogP contribution in [0.5, 0.6) is 0 Å². The van der Waals surface area contributed by atoms with Gasteiger partial charge in [-0.1, -0.05) is 30.3 Å². The molecule has 2 saturated heterocycles. The molecule has 25 heavy (non-hydrogen) atoms. The largest absolute Gasteiger partial charge is 0.354 e. The first kappa shape index (κ1) is 17.5. The van der Waals surface area contributed by atoms with Gasteiger partial charge in [0.2, 0.25) is 17.7 Å². The molecule has 3 amide bonds. The Morgan fingerprint density at radius 3 is 2.68 bits per heavy atom. The Morgan fingerprint density at radius 1 is 1.32 bits per heavy atom. The summed E-state index contributed by atoms with van der Waals surface area (Å²) in [5.74, 6) is -0.899. The van der Waals surface area contributed by atoms with Crippen molar-refractivity contribution in [1.82, 2.24) is 20.7 Å². The normalized spacial score (nSPS) is 22.6. The quantitative estimate of drug-likeness (QED) is 0.758. The molecule has 0 bridgehead atoms. The van der Waals surface area contributed by atoms with Gasteiger partial charge in [0.15, 0.2) is 5.11 Å². The van der Waals surface area contributed by atoms with E-state index in [1.807, 2.05) is 30.3 Å². The van der Waals surface area contributed by atoms with Crippen LogP contribution < -0.4 is 10.6 Å². The van der Waals surface area contributed by atoms with E-state index in [0.717, 1.165) is 5.56 Å². The number of carbonyl (C=O) groups excluding carboxylic acids is 3. The predicted molar refractivity (Wildman–Crippen MR) is 95.1 cm³/mol. The Bertz CT molecular complexity index is 735. The number of carbonyl (C=O) groups is 3. The van der Waals surface area contributed by atoms with Gasteiger partial charge in [0, 0.05) is 6.54 Å². The first-order chi connectivity index (χ1) is 11.8. The van der Waals surface area contributed by atoms with Crippen LogP contribution in [0.25, 0.3) is 0 Å². The van der Waals surface area contributed by atoms with E-state index in [-0.39, 0.29) is 29.3 Å². The Balaban J connectivity index is 1.70. The number of thiocarbonyl (C=S) groups is 1. The number of rotatable bonds is 4. The first-order valence-electron chi connectivity index (χ1n) is 8.11. The van der Waals surface area contributed by atoms with Crippen molar-refractivity contribution >= 4 is 35.1 Å². The molecule has 0 radical (unpaired) electrons. The predicted octanol–water partition coefficient (Wildman–Crippen LogP) is 0.357. The van der Waals surface area contributed by atoms with E-state index in [1.54, 1.807) is 13.8 Å². The molecule has 7 nitrogen and oxygen atoms in total. The molecule has 0 spiro atoms. The Hall–Kier alpha value is -2.32. The van der Waals surface area contributed by atoms with Crippen molar-refractivity contribution < 1.29 is 14.4 Å². The molecule has 1 unspecified atom stereocenters. The molecular weight excluding hydrogens is 340 g/mol. The summed E-state index contributed by atoms with van der Waals surface area (Å²) in [6.07, 6.45) is 0.689. The van der Waals surface area contributed by atoms with Crippen molar-refractivity contribution in [3.05, 3.63) is 35.9 Å². The lowest BCUT2D eigenvalue weighted by Crippen LogP contribution is -2.71. The topological polar surface area (TPSA) is 81.8 Å². The molecule has 1 atom stereocenters. The number of benzene rings is 1. The zero-order valence-electron chi connectivity index (χ0n) is 14.1. The lowest BCUT2D eigenvalue weighted by atomic mass is 10.00. The number of hydrogen-bond acceptors (Lipinski definition) is 5. The van der Waals surface area contributed by atoms with E-state index >= 15 is 0 Å². The zero-order chi connectivity index (χ0) is 18.2. The molecule has 2 aliphatic heterocycles. The van der Waals surface area contributed by atoms with Crippen LogP contribution >= 0.6 is 12.2 Å². The fourth-order valence-corrected chi connectivity index (χ4v) is 3.43. The highest BCUT2D eigenvalue weighted by atomic mass is 32.1. The summed E-state index contributed by atoms with van der Waals surface area (Å²) in [5.41, 5.74) is 0.0707. The lowest BCUT2D eigenvalue weighted by molar-refractivity contribution is -0.155. The first-order valence-corrected chi connectivity index (χ1v) is 8.52. The molecule has 1 aromatic carbocycles. The summed E-state index contributed by atoms with van der Waals surface area (Å²) in [7, 11) is 0. The summed E-state index contributed by atoms with van der Waals surface area (Å²) in [4.78, 5) is 37.2. The number of fused-ring (bicyclic) bond motifs is 1. The third kappa shape index (κ3) is 3.14. The molecule has 1 aromatic rings. The second kappa shape index (κ2) is 6.53. The highest BCUT2D eigenvalue weighted by molar-refractivity contribution is 7.80. The van der Waals surface area contributed by atoms with E-state index in [4.69, 9.17) is 12.2 Å². The van der Waals surface area contributed by atoms with Crippen molar-refractivity contribution in [3.8, 4) is 0 Å². The molecule has 2 N–H and O–H groups in total. The maximum absolute atomic E-state index is 12.6. The van der Waals surface area contributed by atoms with Crippen molar-refractivity contribution in [3.63, 3.8) is 0 Å². The smallest absolute Gasteiger partial charge is 0.248 e. The van der Waals surface area contributed by atoms with E-state index in [0.29, 0.717) is 13.0 Å². The number of nitrogens with one attached hydrogen (secondary N) is 2. The van der Waals surface area contributed by atoms with E-state index < -0.39 is 11.6 Å². The molecule has 0 saturated carbocycles. The standard InChI is InChI=1S/C17H20N4O3S/c1-17(2)15(24)19-16(25)20-13(22)10-12(21(17)20)14(23)18-9-8-11-6-4-3-5-7-11/h3-7,12H,8-10H2,1-2H3,(H,18,23)(H,19,24,25). The molecule has 8 heteroatoms. The average Bonchev–Trinajstić information content (AvgIpc) is 2.93. The third-order valence-corrected chi connectivity index (χ3v) is 4.79. The number of nitrogens with zero attached hydrogens (tertiary/aromatic N) is 2. The molecule has 2 aliphatic rings. The summed E-state index contributed by atoms with van der Waals surface area (Å²) in [5, 5.41) is 8.13. The minimum absolute atomic E-state index is 0.00427. The van der Waals surface area contributed by atoms with Crippen molar-refractivity contribution in [2.45, 2.75) is 38.3 Å². The summed E-state index contributed by atoms with van der Waals surface area (Å²) >= 11 is 5.09. The van der Waals surface area contributed by atoms with Crippen LogP contribution in [0.2, 0.25) is 0 Å². The summed E-state index contributed by atoms with van der Waals surface area (Å²) in [6, 6.07) is 9.06. The van der Waals surface area contributed by atoms with Gasteiger partial charge in [0.25, 0.3) is 0 Å². The Kier molecular flexibility index (Phi) is 4.57. The molecule has 3 rings (SSSR count). The molecule has 132 valence electrons. The van der Waals surface area contributed by atoms with Gasteiger partial charge < -0.3 is 5.32 Å². The SMILES string of the molecule is CC1(C)C(=O)NC(=S)N2C(=O)CC(C(=O)NCCc3ccccc3)N21. The molecule has 0 aromatic heterocycles. The highest BCUT2D eigenvalue weighted by Crippen LogP contribution is 2.32. The number of hydrogen-bond donors (Lipinski definition) is 2. The molecular formula is C17H20N4O3S. The van der Waals surface area contributed by atoms with Gasteiger partial charge >= 0.3 is 0 Å². The maximum Gasteiger partial charge on any atom is 0.248 e. The van der Waals surface area contributed by atoms with Gasteiger partial charge in [-0.25, -0.2) is 5.01 Å². The molecule has 2 heterocycles. The third-order valence-electron chi connectivity index (χ3n) is 4.51. The van der Waals surface area contributed by atoms with Crippen molar-refractivity contribution in [2.24, 2.45) is 0 Å². The van der Waals surface area contributed by atoms with Crippen LogP contribution in [-0.2, 0) is 20.8 Å². The van der Waals surface area contributed by atoms with Crippen molar-refractivity contribution in [2.75, 3.05) is 6.54 Å². The zero-order valence-corrected chi connectivity index (χ0v) is 14.9. The van der Waals surface area contributed by atoms with Gasteiger partial charge in [-0.05, 0) is 38.0 Å². The Labute approximate surface area is 151 Å². The second-order valence-corrected chi connectivity index (χ2v) is 7.00. The lowest BCUT2D eigenvalue weighted by Gasteiger charge is -2.45. The van der Waals surface area contributed by atoms with Crippen LogP contribution in [0, 0.1) is 0 Å². The highest BCUT2D eigenvalue weighted by Gasteiger charge is 2.56. The van der Waals surface area contributed by atoms with Crippen LogP contribution in [-0.4, -0.2) is 51.0 Å². The average molecular weight is 360 g/mol. The fourth-order valence-electron chi connectivity index (χ4n) is 3.15. The Morgan fingerprint density at radius 2 is 2.00 bits per heavy atom. The summed E-state index contributed by atoms with van der Waals surface area (Å²) < 4.78 is 0. The van der Waals surface area contributed by atoms with Crippen LogP contribution in [0.3, 0.4) is 0 Å². The molecule has 2 fully saturated rings. The van der Waals surface area contributed by atoms with Gasteiger partial charge in [-0.15, -0.1) is 0 Å². The van der Waals surface area contributed by atoms with Crippen LogP contribution in [0.4, 0.5) is 0 Å². The van der Waals surface area contributed by atoms with E-state index in [1.165, 1.54) is 10.0 Å². The summed E-state index contributed by atoms with van der Waals surface area (Å²) in [6.45, 7) is 3.79. The van der Waals surface area contributed by atoms with Gasteiger partial charge in [-0.3, -0.25) is 19.7 Å². The second-order valence-electron chi connectivity index (χ2n) is 6.61. The fraction of sp³-hybridized carbons (Fsp3) is 0.412. The minimum Gasteiger partial charge on any atom is -0.354 e. The van der Waals surface area contributed by atoms with Gasteiger partial charge in [-0.2, -0.15) is 5.01 Å². The molecule has 0 aliphatic carbocycles. The van der Waals surface area contributed by atoms with Gasteiger partial charge in [0.1, 0.15) is 11.6 Å².